The molecule has 0 bridgehead atoms. The quantitative estimate of drug-likeness (QED) is 0.443. The monoisotopic (exact) mass is 448 g/mol. The Balaban J connectivity index is 1.41. The molecule has 2 atom stereocenters. The molecule has 2 heterocycles. The lowest BCUT2D eigenvalue weighted by Crippen LogP contribution is -2.44. The maximum Gasteiger partial charge on any atom is 0.416 e. The average molecular weight is 449 g/mol. The largest absolute Gasteiger partial charge is 0.471 e. The smallest absolute Gasteiger partial charge is 0.416 e. The first-order valence-electron chi connectivity index (χ1n) is 11.3. The number of imide groups is 1. The van der Waals surface area contributed by atoms with Crippen LogP contribution < -0.4 is 4.74 Å². The number of ether oxygens (including phenoxy) is 2. The molecule has 1 aliphatic rings. The first-order chi connectivity index (χ1) is 16.1. The summed E-state index contributed by atoms with van der Waals surface area (Å²) in [6, 6.07) is 21.0. The molecule has 4 rings (SSSR count). The van der Waals surface area contributed by atoms with E-state index in [0.717, 1.165) is 17.5 Å². The molecule has 1 aromatic heterocycles. The third kappa shape index (κ3) is 5.80. The van der Waals surface area contributed by atoms with E-state index >= 15 is 0 Å². The van der Waals surface area contributed by atoms with Gasteiger partial charge >= 0.3 is 6.09 Å². The SMILES string of the molecule is CCCC(Cc1cc(OCc2ccccc2)no1)C(=O)N1C(=O)OCC1Cc1ccccc1. The molecule has 2 amide bonds. The van der Waals surface area contributed by atoms with Crippen LogP contribution in [-0.2, 0) is 29.0 Å². The number of aromatic nitrogens is 1. The zero-order chi connectivity index (χ0) is 23.0. The van der Waals surface area contributed by atoms with Gasteiger partial charge in [0.05, 0.1) is 6.04 Å². The van der Waals surface area contributed by atoms with Gasteiger partial charge in [-0.05, 0) is 29.1 Å². The molecule has 0 N–H and O–H groups in total. The molecule has 1 saturated heterocycles. The Bertz CT molecular complexity index is 1050. The van der Waals surface area contributed by atoms with Crippen molar-refractivity contribution < 1.29 is 23.6 Å². The van der Waals surface area contributed by atoms with E-state index in [1.54, 1.807) is 6.07 Å². The zero-order valence-corrected chi connectivity index (χ0v) is 18.7. The fourth-order valence-electron chi connectivity index (χ4n) is 4.06. The normalized spacial score (nSPS) is 16.5. The van der Waals surface area contributed by atoms with Gasteiger partial charge in [-0.15, -0.1) is 0 Å². The number of hydrogen-bond donors (Lipinski definition) is 0. The van der Waals surface area contributed by atoms with Crippen molar-refractivity contribution in [2.75, 3.05) is 6.61 Å². The van der Waals surface area contributed by atoms with Crippen LogP contribution in [0.2, 0.25) is 0 Å². The topological polar surface area (TPSA) is 81.9 Å². The summed E-state index contributed by atoms with van der Waals surface area (Å²) in [6.45, 7) is 2.60. The van der Waals surface area contributed by atoms with Gasteiger partial charge < -0.3 is 14.0 Å². The molecule has 0 aliphatic carbocycles. The summed E-state index contributed by atoms with van der Waals surface area (Å²) in [5.41, 5.74) is 2.08. The van der Waals surface area contributed by atoms with E-state index in [9.17, 15) is 9.59 Å². The predicted molar refractivity (Wildman–Crippen MR) is 122 cm³/mol. The van der Waals surface area contributed by atoms with Crippen LogP contribution in [0.5, 0.6) is 5.88 Å². The van der Waals surface area contributed by atoms with Gasteiger partial charge in [0, 0.05) is 18.4 Å². The summed E-state index contributed by atoms with van der Waals surface area (Å²) in [7, 11) is 0. The maximum absolute atomic E-state index is 13.4. The van der Waals surface area contributed by atoms with Crippen molar-refractivity contribution in [2.24, 2.45) is 5.92 Å². The summed E-state index contributed by atoms with van der Waals surface area (Å²) < 4.78 is 16.4. The Kier molecular flexibility index (Phi) is 7.40. The lowest BCUT2D eigenvalue weighted by molar-refractivity contribution is -0.133. The van der Waals surface area contributed by atoms with Gasteiger partial charge in [-0.2, -0.15) is 0 Å². The highest BCUT2D eigenvalue weighted by Crippen LogP contribution is 2.25. The van der Waals surface area contributed by atoms with Crippen LogP contribution in [0.15, 0.2) is 71.3 Å². The molecule has 0 saturated carbocycles. The Labute approximate surface area is 193 Å². The fraction of sp³-hybridized carbons (Fsp3) is 0.346. The number of cyclic esters (lactones) is 1. The number of hydrogen-bond acceptors (Lipinski definition) is 6. The van der Waals surface area contributed by atoms with E-state index in [0.29, 0.717) is 37.5 Å². The van der Waals surface area contributed by atoms with Crippen LogP contribution in [0.3, 0.4) is 0 Å². The third-order valence-corrected chi connectivity index (χ3v) is 5.71. The second-order valence-corrected chi connectivity index (χ2v) is 8.22. The van der Waals surface area contributed by atoms with Crippen molar-refractivity contribution in [3.05, 3.63) is 83.6 Å². The molecule has 2 unspecified atom stereocenters. The van der Waals surface area contributed by atoms with Crippen LogP contribution in [0.1, 0.15) is 36.7 Å². The lowest BCUT2D eigenvalue weighted by atomic mass is 9.95. The standard InChI is InChI=1S/C26H28N2O5/c1-2-9-21(15-23-16-24(27-33-23)31-17-20-12-7-4-8-13-20)25(29)28-22(18-32-26(28)30)14-19-10-5-3-6-11-19/h3-8,10-13,16,21-22H,2,9,14-15,17-18H2,1H3. The van der Waals surface area contributed by atoms with Gasteiger partial charge in [0.1, 0.15) is 19.0 Å². The van der Waals surface area contributed by atoms with E-state index in [4.69, 9.17) is 14.0 Å². The molecule has 172 valence electrons. The van der Waals surface area contributed by atoms with E-state index in [-0.39, 0.29) is 18.6 Å². The van der Waals surface area contributed by atoms with E-state index < -0.39 is 12.0 Å². The highest BCUT2D eigenvalue weighted by Gasteiger charge is 2.40. The summed E-state index contributed by atoms with van der Waals surface area (Å²) >= 11 is 0. The molecule has 1 aliphatic heterocycles. The number of benzene rings is 2. The molecular formula is C26H28N2O5. The minimum atomic E-state index is -0.577. The molecule has 0 spiro atoms. The first-order valence-corrected chi connectivity index (χ1v) is 11.3. The zero-order valence-electron chi connectivity index (χ0n) is 18.7. The second-order valence-electron chi connectivity index (χ2n) is 8.22. The lowest BCUT2D eigenvalue weighted by Gasteiger charge is -2.24. The fourth-order valence-corrected chi connectivity index (χ4v) is 4.06. The van der Waals surface area contributed by atoms with Crippen LogP contribution in [-0.4, -0.2) is 34.7 Å². The van der Waals surface area contributed by atoms with Crippen molar-refractivity contribution in [2.45, 2.75) is 45.3 Å². The Hall–Kier alpha value is -3.61. The third-order valence-electron chi connectivity index (χ3n) is 5.71. The highest BCUT2D eigenvalue weighted by atomic mass is 16.6. The van der Waals surface area contributed by atoms with Gasteiger partial charge in [-0.25, -0.2) is 9.69 Å². The van der Waals surface area contributed by atoms with Crippen LogP contribution in [0.4, 0.5) is 4.79 Å². The van der Waals surface area contributed by atoms with Crippen molar-refractivity contribution >= 4 is 12.0 Å². The number of amides is 2. The van der Waals surface area contributed by atoms with Crippen LogP contribution >= 0.6 is 0 Å². The van der Waals surface area contributed by atoms with Crippen molar-refractivity contribution in [1.82, 2.24) is 10.1 Å². The summed E-state index contributed by atoms with van der Waals surface area (Å²) in [5, 5.41) is 3.97. The summed E-state index contributed by atoms with van der Waals surface area (Å²) in [6.07, 6.45) is 1.76. The van der Waals surface area contributed by atoms with Crippen LogP contribution in [0, 0.1) is 5.92 Å². The van der Waals surface area contributed by atoms with Gasteiger partial charge in [0.2, 0.25) is 5.91 Å². The molecule has 7 heteroatoms. The maximum atomic E-state index is 13.4. The average Bonchev–Trinajstić information content (AvgIpc) is 3.44. The highest BCUT2D eigenvalue weighted by molar-refractivity contribution is 5.95. The molecule has 7 nitrogen and oxygen atoms in total. The van der Waals surface area contributed by atoms with Crippen molar-refractivity contribution in [3.8, 4) is 5.88 Å². The molecule has 1 fully saturated rings. The number of carbonyl (C=O) groups is 2. The van der Waals surface area contributed by atoms with Crippen molar-refractivity contribution in [1.29, 1.82) is 0 Å². The minimum Gasteiger partial charge on any atom is -0.471 e. The molecule has 0 radical (unpaired) electrons. The van der Waals surface area contributed by atoms with Gasteiger partial charge in [0.15, 0.2) is 0 Å². The minimum absolute atomic E-state index is 0.206. The Morgan fingerprint density at radius 1 is 1.12 bits per heavy atom. The number of carbonyl (C=O) groups excluding carboxylic acids is 2. The van der Waals surface area contributed by atoms with E-state index in [2.05, 4.69) is 5.16 Å². The van der Waals surface area contributed by atoms with Crippen LogP contribution in [0.25, 0.3) is 0 Å². The summed E-state index contributed by atoms with van der Waals surface area (Å²) in [4.78, 5) is 27.1. The van der Waals surface area contributed by atoms with Gasteiger partial charge in [0.25, 0.3) is 5.88 Å². The molecule has 3 aromatic rings. The van der Waals surface area contributed by atoms with Crippen molar-refractivity contribution in [3.63, 3.8) is 0 Å². The molecule has 2 aromatic carbocycles. The summed E-state index contributed by atoms with van der Waals surface area (Å²) in [5.74, 6) is 0.286. The van der Waals surface area contributed by atoms with E-state index in [1.807, 2.05) is 67.6 Å². The van der Waals surface area contributed by atoms with E-state index in [1.165, 1.54) is 4.90 Å². The second kappa shape index (κ2) is 10.8. The Morgan fingerprint density at radius 3 is 2.52 bits per heavy atom. The van der Waals surface area contributed by atoms with Gasteiger partial charge in [-0.1, -0.05) is 74.0 Å². The predicted octanol–water partition coefficient (Wildman–Crippen LogP) is 4.80. The number of rotatable bonds is 10. The number of nitrogens with zero attached hydrogens (tertiary/aromatic N) is 2. The Morgan fingerprint density at radius 2 is 1.82 bits per heavy atom. The first kappa shape index (κ1) is 22.6. The molecular weight excluding hydrogens is 420 g/mol. The van der Waals surface area contributed by atoms with Gasteiger partial charge in [-0.3, -0.25) is 4.79 Å². The molecule has 33 heavy (non-hydrogen) atoms.